The molecule has 1 amide bonds. The molecule has 1 aromatic carbocycles. The molecule has 4 nitrogen and oxygen atoms in total. The number of carbonyl (C=O) groups is 2. The number of aryl methyl sites for hydroxylation is 2. The molecule has 1 unspecified atom stereocenters. The number of rotatable bonds is 4. The molecule has 4 heteroatoms. The van der Waals surface area contributed by atoms with Crippen molar-refractivity contribution in [2.75, 3.05) is 0 Å². The van der Waals surface area contributed by atoms with Crippen molar-refractivity contribution in [3.63, 3.8) is 0 Å². The van der Waals surface area contributed by atoms with Crippen LogP contribution in [0.25, 0.3) is 0 Å². The van der Waals surface area contributed by atoms with E-state index in [2.05, 4.69) is 5.32 Å². The van der Waals surface area contributed by atoms with E-state index >= 15 is 0 Å². The molecule has 1 aromatic rings. The molecular weight excluding hydrogens is 218 g/mol. The predicted octanol–water partition coefficient (Wildman–Crippen LogP) is 1.44. The Morgan fingerprint density at radius 1 is 1.29 bits per heavy atom. The highest BCUT2D eigenvalue weighted by Crippen LogP contribution is 2.13. The Hall–Kier alpha value is -1.84. The van der Waals surface area contributed by atoms with Gasteiger partial charge in [-0.25, -0.2) is 0 Å². The van der Waals surface area contributed by atoms with Gasteiger partial charge in [0.15, 0.2) is 0 Å². The van der Waals surface area contributed by atoms with Gasteiger partial charge in [0.2, 0.25) is 5.91 Å². The molecule has 0 aromatic heterocycles. The van der Waals surface area contributed by atoms with Gasteiger partial charge in [-0.05, 0) is 37.5 Å². The van der Waals surface area contributed by atoms with E-state index in [9.17, 15) is 9.59 Å². The number of nitrogens with one attached hydrogen (secondary N) is 1. The molecule has 0 aliphatic rings. The zero-order valence-corrected chi connectivity index (χ0v) is 10.3. The second-order valence-electron chi connectivity index (χ2n) is 4.17. The Balaban J connectivity index is 2.72. The van der Waals surface area contributed by atoms with E-state index in [0.29, 0.717) is 0 Å². The van der Waals surface area contributed by atoms with E-state index in [1.54, 1.807) is 0 Å². The van der Waals surface area contributed by atoms with Gasteiger partial charge < -0.3 is 10.4 Å². The number of benzene rings is 1. The van der Waals surface area contributed by atoms with E-state index in [4.69, 9.17) is 5.11 Å². The van der Waals surface area contributed by atoms with Crippen molar-refractivity contribution in [3.05, 3.63) is 34.9 Å². The average molecular weight is 235 g/mol. The number of carboxylic acids is 1. The fraction of sp³-hybridized carbons (Fsp3) is 0.385. The van der Waals surface area contributed by atoms with Crippen LogP contribution in [0.2, 0.25) is 0 Å². The van der Waals surface area contributed by atoms with Crippen LogP contribution < -0.4 is 5.32 Å². The molecule has 0 radical (unpaired) electrons. The maximum atomic E-state index is 11.7. The maximum absolute atomic E-state index is 11.7. The summed E-state index contributed by atoms with van der Waals surface area (Å²) in [6, 6.07) is 4.96. The van der Waals surface area contributed by atoms with Gasteiger partial charge in [-0.3, -0.25) is 9.59 Å². The fourth-order valence-electron chi connectivity index (χ4n) is 1.64. The fourth-order valence-corrected chi connectivity index (χ4v) is 1.64. The lowest BCUT2D eigenvalue weighted by Gasteiger charge is -2.12. The summed E-state index contributed by atoms with van der Waals surface area (Å²) in [4.78, 5) is 22.3. The van der Waals surface area contributed by atoms with E-state index in [0.717, 1.165) is 16.7 Å². The van der Waals surface area contributed by atoms with Gasteiger partial charge in [0.1, 0.15) is 6.04 Å². The molecule has 0 aliphatic heterocycles. The van der Waals surface area contributed by atoms with Crippen molar-refractivity contribution >= 4 is 11.9 Å². The molecule has 92 valence electrons. The summed E-state index contributed by atoms with van der Waals surface area (Å²) in [6.45, 7) is 5.33. The lowest BCUT2D eigenvalue weighted by Crippen LogP contribution is -2.39. The molecule has 0 aliphatic carbocycles. The van der Waals surface area contributed by atoms with Crippen LogP contribution in [-0.2, 0) is 16.0 Å². The van der Waals surface area contributed by atoms with Gasteiger partial charge in [-0.2, -0.15) is 0 Å². The van der Waals surface area contributed by atoms with E-state index in [-0.39, 0.29) is 12.3 Å². The summed E-state index contributed by atoms with van der Waals surface area (Å²) in [6.07, 6.45) is 0.218. The van der Waals surface area contributed by atoms with Gasteiger partial charge in [-0.1, -0.05) is 18.2 Å². The minimum atomic E-state index is -1.03. The highest BCUT2D eigenvalue weighted by atomic mass is 16.4. The monoisotopic (exact) mass is 235 g/mol. The molecule has 17 heavy (non-hydrogen) atoms. The molecule has 1 rings (SSSR count). The lowest BCUT2D eigenvalue weighted by atomic mass is 10.00. The maximum Gasteiger partial charge on any atom is 0.325 e. The van der Waals surface area contributed by atoms with Gasteiger partial charge in [-0.15, -0.1) is 0 Å². The largest absolute Gasteiger partial charge is 0.480 e. The highest BCUT2D eigenvalue weighted by Gasteiger charge is 2.15. The second kappa shape index (κ2) is 5.48. The molecule has 0 bridgehead atoms. The molecule has 2 N–H and O–H groups in total. The minimum Gasteiger partial charge on any atom is -0.480 e. The van der Waals surface area contributed by atoms with Crippen LogP contribution >= 0.6 is 0 Å². The summed E-state index contributed by atoms with van der Waals surface area (Å²) in [7, 11) is 0. The summed E-state index contributed by atoms with van der Waals surface area (Å²) in [5, 5.41) is 11.1. The van der Waals surface area contributed by atoms with Crippen molar-refractivity contribution in [1.82, 2.24) is 5.32 Å². The van der Waals surface area contributed by atoms with Crippen LogP contribution in [0.4, 0.5) is 0 Å². The average Bonchev–Trinajstić information content (AvgIpc) is 2.23. The molecule has 1 atom stereocenters. The first-order valence-electron chi connectivity index (χ1n) is 5.49. The van der Waals surface area contributed by atoms with E-state index in [1.807, 2.05) is 32.0 Å². The summed E-state index contributed by atoms with van der Waals surface area (Å²) in [5.41, 5.74) is 3.05. The van der Waals surface area contributed by atoms with Gasteiger partial charge in [0.05, 0.1) is 6.42 Å². The number of carboxylic acid groups (broad SMARTS) is 1. The number of aliphatic carboxylic acids is 1. The molecule has 0 spiro atoms. The Morgan fingerprint density at radius 2 is 1.82 bits per heavy atom. The number of amides is 1. The first kappa shape index (κ1) is 13.2. The van der Waals surface area contributed by atoms with Crippen LogP contribution in [0.1, 0.15) is 23.6 Å². The van der Waals surface area contributed by atoms with Crippen LogP contribution in [0.3, 0.4) is 0 Å². The van der Waals surface area contributed by atoms with Crippen molar-refractivity contribution in [2.45, 2.75) is 33.2 Å². The zero-order chi connectivity index (χ0) is 13.0. The van der Waals surface area contributed by atoms with Crippen molar-refractivity contribution in [2.24, 2.45) is 0 Å². The SMILES string of the molecule is Cc1cccc(C)c1CC(=O)NC(C)C(=O)O. The van der Waals surface area contributed by atoms with Crippen molar-refractivity contribution in [3.8, 4) is 0 Å². The van der Waals surface area contributed by atoms with Crippen LogP contribution in [0.15, 0.2) is 18.2 Å². The quantitative estimate of drug-likeness (QED) is 0.829. The predicted molar refractivity (Wildman–Crippen MR) is 64.9 cm³/mol. The Kier molecular flexibility index (Phi) is 4.26. The number of hydrogen-bond donors (Lipinski definition) is 2. The van der Waals surface area contributed by atoms with Gasteiger partial charge in [0, 0.05) is 0 Å². The summed E-state index contributed by atoms with van der Waals surface area (Å²) < 4.78 is 0. The van der Waals surface area contributed by atoms with E-state index < -0.39 is 12.0 Å². The zero-order valence-electron chi connectivity index (χ0n) is 10.3. The number of carbonyl (C=O) groups excluding carboxylic acids is 1. The van der Waals surface area contributed by atoms with Crippen LogP contribution in [0.5, 0.6) is 0 Å². The molecule has 0 heterocycles. The van der Waals surface area contributed by atoms with Crippen LogP contribution in [0, 0.1) is 13.8 Å². The van der Waals surface area contributed by atoms with Crippen molar-refractivity contribution in [1.29, 1.82) is 0 Å². The lowest BCUT2D eigenvalue weighted by molar-refractivity contribution is -0.141. The third-order valence-electron chi connectivity index (χ3n) is 2.73. The minimum absolute atomic E-state index is 0.218. The summed E-state index contributed by atoms with van der Waals surface area (Å²) in [5.74, 6) is -1.29. The highest BCUT2D eigenvalue weighted by molar-refractivity contribution is 5.84. The van der Waals surface area contributed by atoms with Crippen molar-refractivity contribution < 1.29 is 14.7 Å². The Morgan fingerprint density at radius 3 is 2.29 bits per heavy atom. The smallest absolute Gasteiger partial charge is 0.325 e. The first-order chi connectivity index (χ1) is 7.91. The third kappa shape index (κ3) is 3.59. The standard InChI is InChI=1S/C13H17NO3/c1-8-5-4-6-9(2)11(8)7-12(15)14-10(3)13(16)17/h4-6,10H,7H2,1-3H3,(H,14,15)(H,16,17). The molecule has 0 saturated carbocycles. The van der Waals surface area contributed by atoms with Gasteiger partial charge >= 0.3 is 5.97 Å². The Labute approximate surface area is 101 Å². The normalized spacial score (nSPS) is 11.9. The van der Waals surface area contributed by atoms with Crippen LogP contribution in [-0.4, -0.2) is 23.0 Å². The molecule has 0 saturated heterocycles. The van der Waals surface area contributed by atoms with Gasteiger partial charge in [0.25, 0.3) is 0 Å². The Bertz CT molecular complexity index is 420. The molecular formula is C13H17NO3. The molecule has 0 fully saturated rings. The topological polar surface area (TPSA) is 66.4 Å². The van der Waals surface area contributed by atoms with E-state index in [1.165, 1.54) is 6.92 Å². The first-order valence-corrected chi connectivity index (χ1v) is 5.49. The number of hydrogen-bond acceptors (Lipinski definition) is 2. The summed E-state index contributed by atoms with van der Waals surface area (Å²) >= 11 is 0. The second-order valence-corrected chi connectivity index (χ2v) is 4.17. The third-order valence-corrected chi connectivity index (χ3v) is 2.73.